The number of rotatable bonds is 0. The van der Waals surface area contributed by atoms with E-state index in [1.54, 1.807) is 0 Å². The van der Waals surface area contributed by atoms with Gasteiger partial charge in [-0.2, -0.15) is 0 Å². The third-order valence-electron chi connectivity index (χ3n) is 0.651. The third kappa shape index (κ3) is 1.77. The summed E-state index contributed by atoms with van der Waals surface area (Å²) in [6.07, 6.45) is 0. The van der Waals surface area contributed by atoms with E-state index < -0.39 is 3.74 Å². The van der Waals surface area contributed by atoms with Crippen molar-refractivity contribution in [3.05, 3.63) is 0 Å². The zero-order valence-corrected chi connectivity index (χ0v) is 11.6. The van der Waals surface area contributed by atoms with Crippen molar-refractivity contribution in [2.24, 2.45) is 0 Å². The van der Waals surface area contributed by atoms with Gasteiger partial charge in [0.05, 0.1) is 0 Å². The molecule has 0 heterocycles. The standard InChI is InChI=1S/4CO.2HI.Os/c4*1-2;;;/h;;;;2*1H;/q;;;;;;+2/p-2. The molecule has 0 aromatic heterocycles. The van der Waals surface area contributed by atoms with Crippen LogP contribution in [0, 0.1) is 0 Å². The Bertz CT molecular complexity index is 549. The van der Waals surface area contributed by atoms with Gasteiger partial charge in [0.2, 0.25) is 0 Å². The van der Waals surface area contributed by atoms with Gasteiger partial charge >= 0.3 is 80.0 Å². The average Bonchev–Trinajstić information content (AvgIpc) is 2.07. The molecule has 0 aromatic rings. The fourth-order valence-electron chi connectivity index (χ4n) is 0.0884. The van der Waals surface area contributed by atoms with Crippen LogP contribution in [0.4, 0.5) is 0 Å². The van der Waals surface area contributed by atoms with Gasteiger partial charge < -0.3 is 0 Å². The van der Waals surface area contributed by atoms with Crippen LogP contribution in [0.5, 0.6) is 0 Å². The van der Waals surface area contributed by atoms with Crippen LogP contribution in [0.3, 0.4) is 0 Å². The molecule has 4 nitrogen and oxygen atoms in total. The molecular formula is C4I2O4Os. The fourth-order valence-corrected chi connectivity index (χ4v) is 0.723. The van der Waals surface area contributed by atoms with Gasteiger partial charge in [-0.3, -0.25) is 0 Å². The minimum absolute atomic E-state index is 1.16. The summed E-state index contributed by atoms with van der Waals surface area (Å²) < 4.78 is -1.10. The molecule has 11 heavy (non-hydrogen) atoms. The molecule has 0 saturated heterocycles. The maximum atomic E-state index is 10.3. The van der Waals surface area contributed by atoms with Gasteiger partial charge in [-0.1, -0.05) is 0 Å². The molecule has 0 saturated carbocycles. The Morgan fingerprint density at radius 2 is 0.909 bits per heavy atom. The first-order chi connectivity index (χ1) is 4.80. The maximum absolute atomic E-state index is 10.3. The van der Waals surface area contributed by atoms with E-state index in [-0.39, 0.29) is 0 Å². The Labute approximate surface area is 78.9 Å². The van der Waals surface area contributed by atoms with Gasteiger partial charge in [0, 0.05) is 0 Å². The second-order valence-corrected chi connectivity index (χ2v) is 54.7. The van der Waals surface area contributed by atoms with Crippen molar-refractivity contribution in [1.82, 2.24) is 0 Å². The first-order valence-electron chi connectivity index (χ1n) is 1.79. The molecule has 0 aliphatic rings. The molecule has 0 aromatic carbocycles. The zero-order chi connectivity index (χ0) is 9.24. The number of hydrogen-bond donors (Lipinski definition) is 0. The summed E-state index contributed by atoms with van der Waals surface area (Å²) in [6, 6.07) is 0. The Morgan fingerprint density at radius 1 is 0.727 bits per heavy atom. The quantitative estimate of drug-likeness (QED) is 0.400. The van der Waals surface area contributed by atoms with Crippen molar-refractivity contribution in [3.63, 3.8) is 0 Å². The first kappa shape index (κ1) is 11.4. The molecule has 0 unspecified atom stereocenters. The number of hydrogen-bond acceptors (Lipinski definition) is 4. The number of carbonyl (C=O) groups excluding carboxylic acids is 4. The Kier molecular flexibility index (Phi) is 2.54. The van der Waals surface area contributed by atoms with Gasteiger partial charge in [0.15, 0.2) is 0 Å². The molecule has 0 amide bonds. The van der Waals surface area contributed by atoms with Crippen molar-refractivity contribution in [2.45, 2.75) is 0 Å². The van der Waals surface area contributed by atoms with Crippen LogP contribution in [-0.2, 0) is 22.9 Å². The normalized spacial score (nSPS) is 15.8. The van der Waals surface area contributed by atoms with E-state index in [0.29, 0.717) is 0 Å². The van der Waals surface area contributed by atoms with Crippen LogP contribution < -0.4 is 0 Å². The van der Waals surface area contributed by atoms with Crippen LogP contribution in [-0.4, -0.2) is 17.7 Å². The van der Waals surface area contributed by atoms with Crippen LogP contribution in [0.15, 0.2) is 0 Å². The Balaban J connectivity index is 8.83. The van der Waals surface area contributed by atoms with Gasteiger partial charge in [-0.15, -0.1) is 0 Å². The van der Waals surface area contributed by atoms with E-state index in [9.17, 15) is 19.2 Å². The van der Waals surface area contributed by atoms with Crippen LogP contribution >= 0.6 is 39.3 Å². The second kappa shape index (κ2) is 2.45. The van der Waals surface area contributed by atoms with Crippen LogP contribution in [0.2, 0.25) is 0 Å². The van der Waals surface area contributed by atoms with Gasteiger partial charge in [-0.05, 0) is 0 Å². The molecule has 0 N–H and O–H groups in total. The van der Waals surface area contributed by atoms with Gasteiger partial charge in [0.1, 0.15) is 0 Å². The summed E-state index contributed by atoms with van der Waals surface area (Å²) in [5, 5.41) is 0. The Morgan fingerprint density at radius 3 is 0.909 bits per heavy atom. The van der Waals surface area contributed by atoms with Crippen molar-refractivity contribution in [1.29, 1.82) is 0 Å². The molecular weight excluding hydrogens is 556 g/mol. The molecule has 0 aliphatic carbocycles. The third-order valence-corrected chi connectivity index (χ3v) is 15.5. The molecule has 0 spiro atoms. The van der Waals surface area contributed by atoms with E-state index in [1.165, 1.54) is 39.3 Å². The molecule has 0 rings (SSSR count). The predicted molar refractivity (Wildman–Crippen MR) is 50.8 cm³/mol. The minimum atomic E-state index is -5.74. The van der Waals surface area contributed by atoms with Crippen LogP contribution in [0.1, 0.15) is 0 Å². The second-order valence-electron chi connectivity index (χ2n) is 1.40. The molecule has 0 atom stereocenters. The summed E-state index contributed by atoms with van der Waals surface area (Å²) in [4.78, 5) is 41.3. The topological polar surface area (TPSA) is 68.3 Å². The molecule has 0 radical (unpaired) electrons. The zero-order valence-electron chi connectivity index (χ0n) is 4.74. The van der Waals surface area contributed by atoms with E-state index in [0.717, 1.165) is 17.7 Å². The van der Waals surface area contributed by atoms with E-state index >= 15 is 0 Å². The Hall–Kier alpha value is 0.416. The van der Waals surface area contributed by atoms with E-state index in [1.807, 2.05) is 0 Å². The predicted octanol–water partition coefficient (Wildman–Crippen LogP) is 0.181. The van der Waals surface area contributed by atoms with Crippen LogP contribution in [0.25, 0.3) is 0 Å². The summed E-state index contributed by atoms with van der Waals surface area (Å²) in [6.45, 7) is 0. The first-order valence-corrected chi connectivity index (χ1v) is 21.3. The molecule has 0 fully saturated rings. The summed E-state index contributed by atoms with van der Waals surface area (Å²) in [7, 11) is 0. The number of halogens is 2. The molecule has 7 heteroatoms. The molecule has 0 aliphatic heterocycles. The average molecular weight is 556 g/mol. The SMILES string of the molecule is O=[C]=[Os]([I])([I])(=[C]=O)(=[C]=O)=[C]=O. The van der Waals surface area contributed by atoms with Gasteiger partial charge in [0.25, 0.3) is 0 Å². The monoisotopic (exact) mass is 558 g/mol. The summed E-state index contributed by atoms with van der Waals surface area (Å²) in [5.41, 5.74) is 0. The van der Waals surface area contributed by atoms with Crippen molar-refractivity contribution < 1.29 is 22.9 Å². The molecule has 62 valence electrons. The molecule has 0 bridgehead atoms. The van der Waals surface area contributed by atoms with Crippen molar-refractivity contribution in [2.75, 3.05) is 0 Å². The fraction of sp³-hybridized carbons (Fsp3) is 0. The van der Waals surface area contributed by atoms with E-state index in [4.69, 9.17) is 0 Å². The van der Waals surface area contributed by atoms with Crippen molar-refractivity contribution in [3.8, 4) is 0 Å². The van der Waals surface area contributed by atoms with E-state index in [2.05, 4.69) is 0 Å². The van der Waals surface area contributed by atoms with Gasteiger partial charge in [-0.25, -0.2) is 0 Å². The summed E-state index contributed by atoms with van der Waals surface area (Å²) >= 11 is 2.36. The van der Waals surface area contributed by atoms with Crippen molar-refractivity contribution >= 4 is 57.1 Å². The summed E-state index contributed by atoms with van der Waals surface area (Å²) in [5.74, 6) is 0.